The minimum atomic E-state index is -3.54. The highest BCUT2D eigenvalue weighted by Crippen LogP contribution is 2.26. The van der Waals surface area contributed by atoms with Crippen LogP contribution in [0.2, 0.25) is 0 Å². The third-order valence-corrected chi connectivity index (χ3v) is 4.55. The number of rotatable bonds is 8. The van der Waals surface area contributed by atoms with Crippen LogP contribution in [0.4, 0.5) is 11.4 Å². The van der Waals surface area contributed by atoms with Gasteiger partial charge in [-0.25, -0.2) is 13.1 Å². The maximum atomic E-state index is 12.0. The monoisotopic (exact) mass is 301 g/mol. The van der Waals surface area contributed by atoms with Crippen LogP contribution in [0.5, 0.6) is 0 Å². The largest absolute Gasteiger partial charge is 0.399 e. The van der Waals surface area contributed by atoms with Crippen molar-refractivity contribution < 1.29 is 13.5 Å². The van der Waals surface area contributed by atoms with Crippen molar-refractivity contribution in [3.05, 3.63) is 18.2 Å². The van der Waals surface area contributed by atoms with E-state index in [1.165, 1.54) is 13.1 Å². The minimum absolute atomic E-state index is 0.185. The van der Waals surface area contributed by atoms with E-state index < -0.39 is 10.0 Å². The van der Waals surface area contributed by atoms with E-state index in [1.807, 2.05) is 11.9 Å². The van der Waals surface area contributed by atoms with Gasteiger partial charge in [-0.1, -0.05) is 0 Å². The number of nitrogen functional groups attached to an aromatic ring is 1. The Bertz CT molecular complexity index is 532. The molecule has 7 heteroatoms. The second kappa shape index (κ2) is 7.47. The molecule has 1 aromatic rings. The first-order valence-corrected chi connectivity index (χ1v) is 8.05. The molecule has 0 bridgehead atoms. The van der Waals surface area contributed by atoms with Gasteiger partial charge in [0.2, 0.25) is 10.0 Å². The molecule has 0 saturated carbocycles. The van der Waals surface area contributed by atoms with Gasteiger partial charge in [-0.15, -0.1) is 0 Å². The minimum Gasteiger partial charge on any atom is -0.399 e. The van der Waals surface area contributed by atoms with Crippen LogP contribution in [-0.2, 0) is 10.0 Å². The lowest BCUT2D eigenvalue weighted by atomic mass is 10.2. The third-order valence-electron chi connectivity index (χ3n) is 3.10. The van der Waals surface area contributed by atoms with E-state index >= 15 is 0 Å². The summed E-state index contributed by atoms with van der Waals surface area (Å²) in [6, 6.07) is 4.87. The Morgan fingerprint density at radius 3 is 2.60 bits per heavy atom. The first-order chi connectivity index (χ1) is 9.42. The predicted molar refractivity (Wildman–Crippen MR) is 81.3 cm³/mol. The summed E-state index contributed by atoms with van der Waals surface area (Å²) in [5.74, 6) is 0. The lowest BCUT2D eigenvalue weighted by molar-refractivity contribution is 0.283. The lowest BCUT2D eigenvalue weighted by Gasteiger charge is -2.22. The fourth-order valence-corrected chi connectivity index (χ4v) is 2.94. The molecule has 0 aliphatic rings. The van der Waals surface area contributed by atoms with Crippen LogP contribution < -0.4 is 15.4 Å². The SMILES string of the molecule is CNS(=O)(=O)c1cc(N)ccc1N(C)CCCCCO. The second-order valence-electron chi connectivity index (χ2n) is 4.64. The molecule has 0 spiro atoms. The highest BCUT2D eigenvalue weighted by atomic mass is 32.2. The molecule has 0 heterocycles. The molecule has 0 fully saturated rings. The molecule has 0 amide bonds. The average Bonchev–Trinajstić information content (AvgIpc) is 2.43. The van der Waals surface area contributed by atoms with Crippen molar-refractivity contribution in [1.29, 1.82) is 0 Å². The molecule has 114 valence electrons. The fraction of sp³-hybridized carbons (Fsp3) is 0.538. The molecular formula is C13H23N3O3S. The predicted octanol–water partition coefficient (Wildman–Crippen LogP) is 0.776. The zero-order chi connectivity index (χ0) is 15.2. The molecule has 0 atom stereocenters. The summed E-state index contributed by atoms with van der Waals surface area (Å²) in [6.45, 7) is 0.904. The van der Waals surface area contributed by atoms with Crippen LogP contribution in [0.1, 0.15) is 19.3 Å². The summed E-state index contributed by atoms with van der Waals surface area (Å²) in [6.07, 6.45) is 2.56. The van der Waals surface area contributed by atoms with Gasteiger partial charge in [0.1, 0.15) is 4.90 Å². The molecule has 0 aliphatic carbocycles. The zero-order valence-corrected chi connectivity index (χ0v) is 12.8. The van der Waals surface area contributed by atoms with Crippen LogP contribution in [0.3, 0.4) is 0 Å². The molecule has 0 aromatic heterocycles. The molecule has 0 radical (unpaired) electrons. The molecule has 1 aromatic carbocycles. The number of aliphatic hydroxyl groups is 1. The summed E-state index contributed by atoms with van der Waals surface area (Å²) < 4.78 is 26.4. The highest BCUT2D eigenvalue weighted by molar-refractivity contribution is 7.89. The summed E-state index contributed by atoms with van der Waals surface area (Å²) in [5.41, 5.74) is 6.72. The summed E-state index contributed by atoms with van der Waals surface area (Å²) in [4.78, 5) is 2.07. The van der Waals surface area contributed by atoms with Crippen LogP contribution in [-0.4, -0.2) is 40.8 Å². The van der Waals surface area contributed by atoms with Gasteiger partial charge in [-0.05, 0) is 44.5 Å². The third kappa shape index (κ3) is 4.36. The summed E-state index contributed by atoms with van der Waals surface area (Å²) in [5, 5.41) is 8.75. The number of sulfonamides is 1. The number of anilines is 2. The van der Waals surface area contributed by atoms with Gasteiger partial charge in [0.05, 0.1) is 5.69 Å². The lowest BCUT2D eigenvalue weighted by Crippen LogP contribution is -2.25. The number of nitrogens with two attached hydrogens (primary N) is 1. The van der Waals surface area contributed by atoms with E-state index in [2.05, 4.69) is 4.72 Å². The fourth-order valence-electron chi connectivity index (χ4n) is 1.93. The standard InChI is InChI=1S/C13H23N3O3S/c1-15-20(18,19)13-10-11(14)6-7-12(13)16(2)8-4-3-5-9-17/h6-7,10,15,17H,3-5,8-9,14H2,1-2H3. The van der Waals surface area contributed by atoms with Crippen molar-refractivity contribution in [2.75, 3.05) is 37.9 Å². The Kier molecular flexibility index (Phi) is 6.25. The Hall–Kier alpha value is -1.31. The van der Waals surface area contributed by atoms with Gasteiger partial charge >= 0.3 is 0 Å². The number of aliphatic hydroxyl groups excluding tert-OH is 1. The molecular weight excluding hydrogens is 278 g/mol. The Morgan fingerprint density at radius 2 is 2.00 bits per heavy atom. The number of hydrogen-bond acceptors (Lipinski definition) is 5. The number of hydrogen-bond donors (Lipinski definition) is 3. The summed E-state index contributed by atoms with van der Waals surface area (Å²) >= 11 is 0. The Morgan fingerprint density at radius 1 is 1.30 bits per heavy atom. The topological polar surface area (TPSA) is 95.7 Å². The van der Waals surface area contributed by atoms with E-state index in [0.29, 0.717) is 11.4 Å². The molecule has 0 saturated heterocycles. The van der Waals surface area contributed by atoms with Gasteiger partial charge < -0.3 is 15.7 Å². The molecule has 0 aliphatic heterocycles. The normalized spacial score (nSPS) is 11.6. The van der Waals surface area contributed by atoms with Crippen molar-refractivity contribution in [3.8, 4) is 0 Å². The van der Waals surface area contributed by atoms with Crippen LogP contribution in [0.25, 0.3) is 0 Å². The smallest absolute Gasteiger partial charge is 0.242 e. The van der Waals surface area contributed by atoms with Crippen molar-refractivity contribution in [1.82, 2.24) is 4.72 Å². The highest BCUT2D eigenvalue weighted by Gasteiger charge is 2.19. The number of benzene rings is 1. The maximum absolute atomic E-state index is 12.0. The van der Waals surface area contributed by atoms with Gasteiger partial charge in [-0.2, -0.15) is 0 Å². The molecule has 1 rings (SSSR count). The number of nitrogens with one attached hydrogen (secondary N) is 1. The zero-order valence-electron chi connectivity index (χ0n) is 12.0. The van der Waals surface area contributed by atoms with Gasteiger partial charge in [0, 0.05) is 25.9 Å². The number of unbranched alkanes of at least 4 members (excludes halogenated alkanes) is 2. The molecule has 0 unspecified atom stereocenters. The second-order valence-corrected chi connectivity index (χ2v) is 6.50. The first kappa shape index (κ1) is 16.7. The van der Waals surface area contributed by atoms with Crippen LogP contribution in [0, 0.1) is 0 Å². The van der Waals surface area contributed by atoms with E-state index in [0.717, 1.165) is 25.8 Å². The Labute approximate surface area is 120 Å². The van der Waals surface area contributed by atoms with Gasteiger partial charge in [-0.3, -0.25) is 0 Å². The van der Waals surface area contributed by atoms with Crippen LogP contribution >= 0.6 is 0 Å². The summed E-state index contributed by atoms with van der Waals surface area (Å²) in [7, 11) is -0.318. The van der Waals surface area contributed by atoms with E-state index in [1.54, 1.807) is 12.1 Å². The molecule has 20 heavy (non-hydrogen) atoms. The van der Waals surface area contributed by atoms with E-state index in [-0.39, 0.29) is 11.5 Å². The van der Waals surface area contributed by atoms with Crippen molar-refractivity contribution in [3.63, 3.8) is 0 Å². The quantitative estimate of drug-likeness (QED) is 0.487. The molecule has 6 nitrogen and oxygen atoms in total. The van der Waals surface area contributed by atoms with Crippen LogP contribution in [0.15, 0.2) is 23.1 Å². The van der Waals surface area contributed by atoms with Crippen molar-refractivity contribution >= 4 is 21.4 Å². The van der Waals surface area contributed by atoms with Gasteiger partial charge in [0.25, 0.3) is 0 Å². The number of nitrogens with zero attached hydrogens (tertiary/aromatic N) is 1. The average molecular weight is 301 g/mol. The Balaban J connectivity index is 2.94. The maximum Gasteiger partial charge on any atom is 0.242 e. The first-order valence-electron chi connectivity index (χ1n) is 6.57. The van der Waals surface area contributed by atoms with E-state index in [9.17, 15) is 8.42 Å². The van der Waals surface area contributed by atoms with Crippen molar-refractivity contribution in [2.45, 2.75) is 24.2 Å². The van der Waals surface area contributed by atoms with Crippen molar-refractivity contribution in [2.24, 2.45) is 0 Å². The van der Waals surface area contributed by atoms with E-state index in [4.69, 9.17) is 10.8 Å². The molecule has 4 N–H and O–H groups in total. The van der Waals surface area contributed by atoms with Gasteiger partial charge in [0.15, 0.2) is 0 Å².